The number of para-hydroxylation sites is 1. The molecule has 3 aromatic rings. The maximum absolute atomic E-state index is 9.46. The molecule has 1 N–H and O–H groups in total. The minimum Gasteiger partial charge on any atom is -0.390 e. The number of benzene rings is 2. The Balaban J connectivity index is 2.00. The summed E-state index contributed by atoms with van der Waals surface area (Å²) < 4.78 is 1.76. The van der Waals surface area contributed by atoms with Gasteiger partial charge in [0.1, 0.15) is 5.69 Å². The van der Waals surface area contributed by atoms with E-state index in [-0.39, 0.29) is 6.61 Å². The van der Waals surface area contributed by atoms with Gasteiger partial charge in [0.15, 0.2) is 0 Å². The van der Waals surface area contributed by atoms with Crippen molar-refractivity contribution in [2.75, 3.05) is 0 Å². The molecule has 1 aromatic heterocycles. The molecular weight excluding hydrogens is 286 g/mol. The monoisotopic (exact) mass is 299 g/mol. The number of hydrogen-bond donors (Lipinski definition) is 1. The zero-order valence-electron chi connectivity index (χ0n) is 11.3. The molecule has 0 aliphatic rings. The van der Waals surface area contributed by atoms with Crippen molar-refractivity contribution in [2.45, 2.75) is 13.0 Å². The van der Waals surface area contributed by atoms with Gasteiger partial charge in [-0.15, -0.1) is 5.10 Å². The van der Waals surface area contributed by atoms with Gasteiger partial charge in [-0.1, -0.05) is 47.1 Å². The van der Waals surface area contributed by atoms with Crippen LogP contribution in [0.25, 0.3) is 5.69 Å². The van der Waals surface area contributed by atoms with Gasteiger partial charge in [-0.05, 0) is 29.8 Å². The minimum absolute atomic E-state index is 0.129. The Hall–Kier alpha value is -2.17. The van der Waals surface area contributed by atoms with Crippen molar-refractivity contribution in [1.29, 1.82) is 0 Å². The SMILES string of the molecule is OCc1nnn(-c2ccccc2)c1Cc1ccc(Cl)cc1. The first-order valence-corrected chi connectivity index (χ1v) is 7.00. The fourth-order valence-electron chi connectivity index (χ4n) is 2.20. The van der Waals surface area contributed by atoms with Gasteiger partial charge in [0.2, 0.25) is 0 Å². The van der Waals surface area contributed by atoms with Crippen molar-refractivity contribution >= 4 is 11.6 Å². The zero-order valence-corrected chi connectivity index (χ0v) is 12.0. The van der Waals surface area contributed by atoms with E-state index in [0.29, 0.717) is 17.1 Å². The third-order valence-electron chi connectivity index (χ3n) is 3.28. The second kappa shape index (κ2) is 6.08. The van der Waals surface area contributed by atoms with Crippen LogP contribution in [0.4, 0.5) is 0 Å². The molecule has 0 saturated heterocycles. The second-order valence-corrected chi connectivity index (χ2v) is 5.13. The van der Waals surface area contributed by atoms with Crippen LogP contribution >= 0.6 is 11.6 Å². The Kier molecular flexibility index (Phi) is 3.99. The molecule has 0 bridgehead atoms. The molecular formula is C16H14ClN3O. The zero-order chi connectivity index (χ0) is 14.7. The molecule has 3 rings (SSSR count). The highest BCUT2D eigenvalue weighted by Crippen LogP contribution is 2.18. The molecule has 0 fully saturated rings. The van der Waals surface area contributed by atoms with Gasteiger partial charge >= 0.3 is 0 Å². The Morgan fingerprint density at radius 1 is 1.00 bits per heavy atom. The normalized spacial score (nSPS) is 10.8. The van der Waals surface area contributed by atoms with Crippen LogP contribution in [0, 0.1) is 0 Å². The van der Waals surface area contributed by atoms with Crippen molar-refractivity contribution in [3.05, 3.63) is 76.6 Å². The van der Waals surface area contributed by atoms with Gasteiger partial charge < -0.3 is 5.11 Å². The van der Waals surface area contributed by atoms with E-state index in [9.17, 15) is 5.11 Å². The lowest BCUT2D eigenvalue weighted by atomic mass is 10.1. The first kappa shape index (κ1) is 13.8. The maximum atomic E-state index is 9.46. The number of aromatic nitrogens is 3. The molecule has 0 aliphatic carbocycles. The quantitative estimate of drug-likeness (QED) is 0.806. The molecule has 1 heterocycles. The Bertz CT molecular complexity index is 723. The van der Waals surface area contributed by atoms with E-state index in [1.807, 2.05) is 54.6 Å². The highest BCUT2D eigenvalue weighted by Gasteiger charge is 2.14. The van der Waals surface area contributed by atoms with E-state index in [4.69, 9.17) is 11.6 Å². The number of nitrogens with zero attached hydrogens (tertiary/aromatic N) is 3. The molecule has 0 amide bonds. The molecule has 0 spiro atoms. The lowest BCUT2D eigenvalue weighted by Gasteiger charge is -2.08. The molecule has 0 aliphatic heterocycles. The summed E-state index contributed by atoms with van der Waals surface area (Å²) in [5.41, 5.74) is 3.49. The average molecular weight is 300 g/mol. The fourth-order valence-corrected chi connectivity index (χ4v) is 2.33. The number of hydrogen-bond acceptors (Lipinski definition) is 3. The van der Waals surface area contributed by atoms with Crippen LogP contribution in [0.15, 0.2) is 54.6 Å². The number of halogens is 1. The van der Waals surface area contributed by atoms with Crippen molar-refractivity contribution in [3.8, 4) is 5.69 Å². The topological polar surface area (TPSA) is 50.9 Å². The van der Waals surface area contributed by atoms with E-state index >= 15 is 0 Å². The van der Waals surface area contributed by atoms with Crippen LogP contribution in [0.2, 0.25) is 5.02 Å². The predicted molar refractivity (Wildman–Crippen MR) is 81.5 cm³/mol. The van der Waals surface area contributed by atoms with Crippen LogP contribution in [0.1, 0.15) is 17.0 Å². The van der Waals surface area contributed by atoms with E-state index in [1.54, 1.807) is 4.68 Å². The van der Waals surface area contributed by atoms with Crippen LogP contribution in [-0.2, 0) is 13.0 Å². The molecule has 0 atom stereocenters. The highest BCUT2D eigenvalue weighted by atomic mass is 35.5. The first-order valence-electron chi connectivity index (χ1n) is 6.62. The number of rotatable bonds is 4. The van der Waals surface area contributed by atoms with Gasteiger partial charge in [-0.25, -0.2) is 4.68 Å². The third-order valence-corrected chi connectivity index (χ3v) is 3.53. The number of aliphatic hydroxyl groups excluding tert-OH is 1. The first-order chi connectivity index (χ1) is 10.3. The smallest absolute Gasteiger partial charge is 0.112 e. The van der Waals surface area contributed by atoms with Crippen LogP contribution in [0.3, 0.4) is 0 Å². The van der Waals surface area contributed by atoms with Crippen LogP contribution in [-0.4, -0.2) is 20.1 Å². The van der Waals surface area contributed by atoms with E-state index < -0.39 is 0 Å². The summed E-state index contributed by atoms with van der Waals surface area (Å²) in [4.78, 5) is 0. The minimum atomic E-state index is -0.129. The molecule has 21 heavy (non-hydrogen) atoms. The molecule has 0 saturated carbocycles. The molecule has 4 nitrogen and oxygen atoms in total. The van der Waals surface area contributed by atoms with E-state index in [2.05, 4.69) is 10.3 Å². The lowest BCUT2D eigenvalue weighted by Crippen LogP contribution is -2.04. The van der Waals surface area contributed by atoms with Gasteiger partial charge in [0, 0.05) is 11.4 Å². The van der Waals surface area contributed by atoms with Crippen LogP contribution < -0.4 is 0 Å². The summed E-state index contributed by atoms with van der Waals surface area (Å²) in [5.74, 6) is 0. The summed E-state index contributed by atoms with van der Waals surface area (Å²) in [5, 5.41) is 18.4. The maximum Gasteiger partial charge on any atom is 0.112 e. The average Bonchev–Trinajstić information content (AvgIpc) is 2.93. The Morgan fingerprint density at radius 2 is 1.71 bits per heavy atom. The third kappa shape index (κ3) is 2.96. The summed E-state index contributed by atoms with van der Waals surface area (Å²) in [6, 6.07) is 17.4. The van der Waals surface area contributed by atoms with Gasteiger partial charge in [-0.2, -0.15) is 0 Å². The Morgan fingerprint density at radius 3 is 2.38 bits per heavy atom. The fraction of sp³-hybridized carbons (Fsp3) is 0.125. The number of aliphatic hydroxyl groups is 1. The molecule has 5 heteroatoms. The molecule has 0 unspecified atom stereocenters. The van der Waals surface area contributed by atoms with Crippen LogP contribution in [0.5, 0.6) is 0 Å². The summed E-state index contributed by atoms with van der Waals surface area (Å²) in [6.07, 6.45) is 0.634. The van der Waals surface area contributed by atoms with Crippen molar-refractivity contribution in [3.63, 3.8) is 0 Å². The predicted octanol–water partition coefficient (Wildman–Crippen LogP) is 3.00. The largest absolute Gasteiger partial charge is 0.390 e. The second-order valence-electron chi connectivity index (χ2n) is 4.69. The van der Waals surface area contributed by atoms with Crippen molar-refractivity contribution in [2.24, 2.45) is 0 Å². The standard InChI is InChI=1S/C16H14ClN3O/c17-13-8-6-12(7-9-13)10-16-15(11-21)18-19-20(16)14-4-2-1-3-5-14/h1-9,21H,10-11H2. The van der Waals surface area contributed by atoms with Gasteiger partial charge in [0.05, 0.1) is 18.0 Å². The summed E-state index contributed by atoms with van der Waals surface area (Å²) in [7, 11) is 0. The van der Waals surface area contributed by atoms with Crippen molar-refractivity contribution < 1.29 is 5.11 Å². The van der Waals surface area contributed by atoms with Crippen molar-refractivity contribution in [1.82, 2.24) is 15.0 Å². The molecule has 0 radical (unpaired) electrons. The Labute approximate surface area is 127 Å². The highest BCUT2D eigenvalue weighted by molar-refractivity contribution is 6.30. The van der Waals surface area contributed by atoms with Gasteiger partial charge in [-0.3, -0.25) is 0 Å². The lowest BCUT2D eigenvalue weighted by molar-refractivity contribution is 0.275. The van der Waals surface area contributed by atoms with E-state index in [1.165, 1.54) is 0 Å². The molecule has 2 aromatic carbocycles. The summed E-state index contributed by atoms with van der Waals surface area (Å²) in [6.45, 7) is -0.129. The van der Waals surface area contributed by atoms with E-state index in [0.717, 1.165) is 16.9 Å². The van der Waals surface area contributed by atoms with Gasteiger partial charge in [0.25, 0.3) is 0 Å². The summed E-state index contributed by atoms with van der Waals surface area (Å²) >= 11 is 5.91. The molecule has 106 valence electrons.